The first-order valence-corrected chi connectivity index (χ1v) is 12.9. The van der Waals surface area contributed by atoms with Crippen molar-refractivity contribution in [3.8, 4) is 0 Å². The van der Waals surface area contributed by atoms with Gasteiger partial charge in [-0.1, -0.05) is 23.7 Å². The Hall–Kier alpha value is -3.85. The van der Waals surface area contributed by atoms with Gasteiger partial charge in [0.05, 0.1) is 17.1 Å². The van der Waals surface area contributed by atoms with Crippen molar-refractivity contribution in [3.63, 3.8) is 0 Å². The minimum absolute atomic E-state index is 0.0429. The van der Waals surface area contributed by atoms with Crippen molar-refractivity contribution in [1.29, 1.82) is 0 Å². The summed E-state index contributed by atoms with van der Waals surface area (Å²) < 4.78 is 11.8. The van der Waals surface area contributed by atoms with Gasteiger partial charge in [-0.05, 0) is 69.4 Å². The number of nitrogens with zero attached hydrogens (tertiary/aromatic N) is 2. The van der Waals surface area contributed by atoms with Gasteiger partial charge < -0.3 is 24.5 Å². The third-order valence-electron chi connectivity index (χ3n) is 6.85. The van der Waals surface area contributed by atoms with Gasteiger partial charge >= 0.3 is 12.1 Å². The van der Waals surface area contributed by atoms with E-state index in [1.807, 2.05) is 26.0 Å². The van der Waals surface area contributed by atoms with E-state index in [1.54, 1.807) is 24.0 Å². The summed E-state index contributed by atoms with van der Waals surface area (Å²) in [6, 6.07) is 6.36. The molecule has 10 heteroatoms. The van der Waals surface area contributed by atoms with E-state index in [1.165, 1.54) is 6.07 Å². The van der Waals surface area contributed by atoms with E-state index in [0.29, 0.717) is 53.1 Å². The number of nitrogens with one attached hydrogen (secondary N) is 1. The maximum atomic E-state index is 13.5. The van der Waals surface area contributed by atoms with Crippen LogP contribution in [0.4, 0.5) is 10.5 Å². The van der Waals surface area contributed by atoms with Gasteiger partial charge in [0.2, 0.25) is 0 Å². The van der Waals surface area contributed by atoms with E-state index in [9.17, 15) is 19.5 Å². The van der Waals surface area contributed by atoms with E-state index in [4.69, 9.17) is 20.8 Å². The molecule has 1 atom stereocenters. The molecule has 2 aliphatic rings. The molecule has 3 heterocycles. The van der Waals surface area contributed by atoms with Gasteiger partial charge in [0.15, 0.2) is 11.1 Å². The van der Waals surface area contributed by atoms with E-state index < -0.39 is 12.0 Å². The average Bonchev–Trinajstić information content (AvgIpc) is 3.71. The first-order valence-electron chi connectivity index (χ1n) is 12.5. The first kappa shape index (κ1) is 25.8. The van der Waals surface area contributed by atoms with Crippen LogP contribution in [0.15, 0.2) is 39.6 Å². The van der Waals surface area contributed by atoms with Gasteiger partial charge in [-0.2, -0.15) is 0 Å². The van der Waals surface area contributed by atoms with Crippen molar-refractivity contribution in [2.24, 2.45) is 0 Å². The molecule has 5 rings (SSSR count). The van der Waals surface area contributed by atoms with Crippen LogP contribution in [-0.4, -0.2) is 46.2 Å². The monoisotopic (exact) mass is 537 g/mol. The molecule has 1 saturated carbocycles. The fourth-order valence-corrected chi connectivity index (χ4v) is 4.81. The highest BCUT2D eigenvalue weighted by molar-refractivity contribution is 6.29. The lowest BCUT2D eigenvalue weighted by molar-refractivity contribution is 0.0691. The van der Waals surface area contributed by atoms with Crippen molar-refractivity contribution >= 4 is 45.9 Å². The molecule has 0 radical (unpaired) electrons. The number of carboxylic acids is 1. The number of pyridine rings is 1. The summed E-state index contributed by atoms with van der Waals surface area (Å²) in [5.74, 6) is -0.713. The van der Waals surface area contributed by atoms with Crippen LogP contribution in [0.3, 0.4) is 0 Å². The highest BCUT2D eigenvalue weighted by Gasteiger charge is 2.30. The van der Waals surface area contributed by atoms with Crippen molar-refractivity contribution in [2.45, 2.75) is 52.2 Å². The molecule has 1 aliphatic carbocycles. The van der Waals surface area contributed by atoms with Crippen molar-refractivity contribution in [1.82, 2.24) is 9.88 Å². The molecule has 9 nitrogen and oxygen atoms in total. The Bertz CT molecular complexity index is 1540. The van der Waals surface area contributed by atoms with E-state index >= 15 is 0 Å². The van der Waals surface area contributed by atoms with Crippen LogP contribution >= 0.6 is 11.6 Å². The summed E-state index contributed by atoms with van der Waals surface area (Å²) in [7, 11) is 0. The molecule has 1 fully saturated rings. The van der Waals surface area contributed by atoms with Crippen LogP contribution < -0.4 is 10.7 Å². The van der Waals surface area contributed by atoms with Gasteiger partial charge in [-0.15, -0.1) is 0 Å². The van der Waals surface area contributed by atoms with Crippen LogP contribution in [0, 0.1) is 13.8 Å². The maximum absolute atomic E-state index is 13.5. The molecule has 0 unspecified atom stereocenters. The van der Waals surface area contributed by atoms with E-state index in [0.717, 1.165) is 24.0 Å². The second-order valence-corrected chi connectivity index (χ2v) is 10.2. The number of rotatable bonds is 6. The number of amides is 1. The van der Waals surface area contributed by atoms with Crippen LogP contribution in [0.25, 0.3) is 16.5 Å². The predicted molar refractivity (Wildman–Crippen MR) is 144 cm³/mol. The zero-order chi connectivity index (χ0) is 27.1. The number of aryl methyl sites for hydroxylation is 1. The largest absolute Gasteiger partial charge is 0.476 e. The topological polar surface area (TPSA) is 122 Å². The third-order valence-corrected chi connectivity index (χ3v) is 7.06. The standard InChI is InChI=1S/C28H28ClN3O6/c1-14-12-19(16(3)30-21-6-7-22(29)31-23(21)27(34)35)26-20(13-14)24(33)15(2)25(38-26)17-8-10-32(11-9-17)28(36)37-18-4-5-18/h6-8,12-13,16,18,30H,4-5,9-11H2,1-3H3,(H,34,35)/t16-/m1/s1. The Morgan fingerprint density at radius 2 is 2.03 bits per heavy atom. The molecule has 38 heavy (non-hydrogen) atoms. The number of aromatic nitrogens is 1. The quantitative estimate of drug-likeness (QED) is 0.383. The van der Waals surface area contributed by atoms with Crippen LogP contribution in [-0.2, 0) is 4.74 Å². The number of benzene rings is 1. The molecular weight excluding hydrogens is 510 g/mol. The molecule has 0 saturated heterocycles. The lowest BCUT2D eigenvalue weighted by atomic mass is 9.97. The lowest BCUT2D eigenvalue weighted by Crippen LogP contribution is -2.35. The molecule has 198 valence electrons. The Kier molecular flexibility index (Phi) is 6.88. The predicted octanol–water partition coefficient (Wildman–Crippen LogP) is 5.72. The molecule has 0 bridgehead atoms. The van der Waals surface area contributed by atoms with Gasteiger partial charge in [0.25, 0.3) is 0 Å². The van der Waals surface area contributed by atoms with Gasteiger partial charge in [-0.25, -0.2) is 14.6 Å². The molecule has 3 aromatic rings. The number of carbonyl (C=O) groups is 2. The number of carboxylic acid groups (broad SMARTS) is 1. The zero-order valence-electron chi connectivity index (χ0n) is 21.3. The molecule has 1 amide bonds. The Labute approximate surface area is 224 Å². The van der Waals surface area contributed by atoms with E-state index in [-0.39, 0.29) is 28.5 Å². The summed E-state index contributed by atoms with van der Waals surface area (Å²) in [5.41, 5.74) is 3.34. The number of hydrogen-bond acceptors (Lipinski definition) is 7. The number of fused-ring (bicyclic) bond motifs is 1. The van der Waals surface area contributed by atoms with E-state index in [2.05, 4.69) is 10.3 Å². The second-order valence-electron chi connectivity index (χ2n) is 9.83. The van der Waals surface area contributed by atoms with Crippen LogP contribution in [0.1, 0.15) is 65.2 Å². The average molecular weight is 538 g/mol. The molecule has 2 N–H and O–H groups in total. The number of aromatic carboxylic acids is 1. The maximum Gasteiger partial charge on any atom is 0.410 e. The summed E-state index contributed by atoms with van der Waals surface area (Å²) in [5, 5.41) is 13.3. The fourth-order valence-electron chi connectivity index (χ4n) is 4.67. The Balaban J connectivity index is 1.51. The van der Waals surface area contributed by atoms with Crippen molar-refractivity contribution in [2.75, 3.05) is 18.4 Å². The fraction of sp³-hybridized carbons (Fsp3) is 0.357. The molecule has 1 aliphatic heterocycles. The summed E-state index contributed by atoms with van der Waals surface area (Å²) in [6.07, 6.45) is 4.01. The molecule has 1 aromatic carbocycles. The minimum atomic E-state index is -1.21. The van der Waals surface area contributed by atoms with Gasteiger partial charge in [0.1, 0.15) is 22.6 Å². The van der Waals surface area contributed by atoms with Gasteiger partial charge in [0, 0.05) is 24.2 Å². The Morgan fingerprint density at radius 3 is 2.68 bits per heavy atom. The third kappa shape index (κ3) is 5.11. The number of hydrogen-bond donors (Lipinski definition) is 2. The zero-order valence-corrected chi connectivity index (χ0v) is 22.1. The molecule has 0 spiro atoms. The van der Waals surface area contributed by atoms with Crippen LogP contribution in [0.2, 0.25) is 5.15 Å². The smallest absolute Gasteiger partial charge is 0.410 e. The summed E-state index contributed by atoms with van der Waals surface area (Å²) >= 11 is 5.90. The first-order chi connectivity index (χ1) is 18.1. The normalized spacial score (nSPS) is 16.2. The van der Waals surface area contributed by atoms with Crippen molar-refractivity contribution in [3.05, 3.63) is 73.9 Å². The minimum Gasteiger partial charge on any atom is -0.476 e. The summed E-state index contributed by atoms with van der Waals surface area (Å²) in [4.78, 5) is 43.1. The highest BCUT2D eigenvalue weighted by atomic mass is 35.5. The number of carbonyl (C=O) groups excluding carboxylic acids is 1. The SMILES string of the molecule is Cc1cc([C@@H](C)Nc2ccc(Cl)nc2C(=O)O)c2oc(C3=CCN(C(=O)OC4CC4)CC3)c(C)c(=O)c2c1. The Morgan fingerprint density at radius 1 is 1.26 bits per heavy atom. The number of ether oxygens (including phenoxy) is 1. The van der Waals surface area contributed by atoms with Gasteiger partial charge in [-0.3, -0.25) is 4.79 Å². The molecular formula is C28H28ClN3O6. The van der Waals surface area contributed by atoms with Crippen molar-refractivity contribution < 1.29 is 23.8 Å². The highest BCUT2D eigenvalue weighted by Crippen LogP contribution is 2.33. The summed E-state index contributed by atoms with van der Waals surface area (Å²) in [6.45, 7) is 6.35. The molecule has 2 aromatic heterocycles. The number of halogens is 1. The lowest BCUT2D eigenvalue weighted by Gasteiger charge is -2.26. The second kappa shape index (κ2) is 10.1. The van der Waals surface area contributed by atoms with Crippen LogP contribution in [0.5, 0.6) is 0 Å². The number of anilines is 1.